The molecule has 0 atom stereocenters. The SMILES string of the molecule is CCCCc1nc2c(N)nnc(NC(C)C)c2[nH]1. The van der Waals surface area contributed by atoms with Crippen LogP contribution in [-0.4, -0.2) is 26.2 Å². The Hall–Kier alpha value is -1.85. The monoisotopic (exact) mass is 248 g/mol. The van der Waals surface area contributed by atoms with Crippen molar-refractivity contribution in [3.63, 3.8) is 0 Å². The number of anilines is 2. The topological polar surface area (TPSA) is 92.5 Å². The lowest BCUT2D eigenvalue weighted by molar-refractivity contribution is 0.765. The van der Waals surface area contributed by atoms with E-state index in [1.165, 1.54) is 0 Å². The molecule has 0 unspecified atom stereocenters. The third kappa shape index (κ3) is 2.52. The molecule has 4 N–H and O–H groups in total. The summed E-state index contributed by atoms with van der Waals surface area (Å²) in [6.07, 6.45) is 3.17. The highest BCUT2D eigenvalue weighted by molar-refractivity contribution is 5.92. The molecule has 2 rings (SSSR count). The van der Waals surface area contributed by atoms with E-state index in [1.807, 2.05) is 0 Å². The number of nitrogens with two attached hydrogens (primary N) is 1. The highest BCUT2D eigenvalue weighted by Crippen LogP contribution is 2.23. The first-order chi connectivity index (χ1) is 8.61. The number of unbranched alkanes of at least 4 members (excludes halogenated alkanes) is 1. The number of aromatic nitrogens is 4. The molecular weight excluding hydrogens is 228 g/mol. The molecule has 2 aromatic rings. The standard InChI is InChI=1S/C12H20N6/c1-4-5-6-8-15-9-10(16-8)12(14-7(2)3)18-17-11(9)13/h7H,4-6H2,1-3H3,(H2,13,17)(H,14,18)(H,15,16). The third-order valence-corrected chi connectivity index (χ3v) is 2.68. The van der Waals surface area contributed by atoms with E-state index in [-0.39, 0.29) is 6.04 Å². The van der Waals surface area contributed by atoms with Gasteiger partial charge in [0, 0.05) is 12.5 Å². The number of aromatic amines is 1. The largest absolute Gasteiger partial charge is 0.380 e. The Labute approximate surface area is 106 Å². The molecule has 0 saturated heterocycles. The molecule has 18 heavy (non-hydrogen) atoms. The predicted octanol–water partition coefficient (Wildman–Crippen LogP) is 2.10. The fourth-order valence-electron chi connectivity index (χ4n) is 1.82. The van der Waals surface area contributed by atoms with Gasteiger partial charge in [-0.05, 0) is 20.3 Å². The molecule has 0 aliphatic heterocycles. The third-order valence-electron chi connectivity index (χ3n) is 2.68. The van der Waals surface area contributed by atoms with Gasteiger partial charge in [-0.1, -0.05) is 13.3 Å². The van der Waals surface area contributed by atoms with Gasteiger partial charge in [-0.15, -0.1) is 10.2 Å². The molecule has 0 saturated carbocycles. The molecule has 0 amide bonds. The van der Waals surface area contributed by atoms with Crippen molar-refractivity contribution in [3.8, 4) is 0 Å². The van der Waals surface area contributed by atoms with Crippen molar-refractivity contribution >= 4 is 22.7 Å². The second-order valence-corrected chi connectivity index (χ2v) is 4.74. The van der Waals surface area contributed by atoms with Gasteiger partial charge in [-0.3, -0.25) is 0 Å². The first kappa shape index (κ1) is 12.6. The summed E-state index contributed by atoms with van der Waals surface area (Å²) in [5.41, 5.74) is 7.37. The maximum atomic E-state index is 5.81. The number of H-pyrrole nitrogens is 1. The van der Waals surface area contributed by atoms with Crippen molar-refractivity contribution in [1.82, 2.24) is 20.2 Å². The molecule has 6 nitrogen and oxygen atoms in total. The summed E-state index contributed by atoms with van der Waals surface area (Å²) < 4.78 is 0. The second-order valence-electron chi connectivity index (χ2n) is 4.74. The van der Waals surface area contributed by atoms with Gasteiger partial charge in [0.1, 0.15) is 16.9 Å². The van der Waals surface area contributed by atoms with E-state index < -0.39 is 0 Å². The molecule has 6 heteroatoms. The maximum Gasteiger partial charge on any atom is 0.175 e. The number of fused-ring (bicyclic) bond motifs is 1. The summed E-state index contributed by atoms with van der Waals surface area (Å²) in [5.74, 6) is 2.03. The molecule has 0 aromatic carbocycles. The number of hydrogen-bond acceptors (Lipinski definition) is 5. The summed E-state index contributed by atoms with van der Waals surface area (Å²) in [7, 11) is 0. The molecule has 0 aliphatic rings. The van der Waals surface area contributed by atoms with E-state index in [2.05, 4.69) is 46.3 Å². The van der Waals surface area contributed by atoms with Crippen molar-refractivity contribution in [3.05, 3.63) is 5.82 Å². The van der Waals surface area contributed by atoms with Crippen molar-refractivity contribution in [2.75, 3.05) is 11.1 Å². The van der Waals surface area contributed by atoms with E-state index in [0.29, 0.717) is 17.2 Å². The second kappa shape index (κ2) is 5.20. The van der Waals surface area contributed by atoms with Gasteiger partial charge < -0.3 is 16.0 Å². The van der Waals surface area contributed by atoms with E-state index in [9.17, 15) is 0 Å². The Morgan fingerprint density at radius 2 is 2.11 bits per heavy atom. The van der Waals surface area contributed by atoms with Crippen LogP contribution in [0.25, 0.3) is 11.0 Å². The van der Waals surface area contributed by atoms with Crippen molar-refractivity contribution in [2.24, 2.45) is 0 Å². The van der Waals surface area contributed by atoms with Crippen LogP contribution >= 0.6 is 0 Å². The fourth-order valence-corrected chi connectivity index (χ4v) is 1.82. The molecule has 0 fully saturated rings. The minimum absolute atomic E-state index is 0.286. The smallest absolute Gasteiger partial charge is 0.175 e. The molecular formula is C12H20N6. The summed E-state index contributed by atoms with van der Waals surface area (Å²) in [4.78, 5) is 7.78. The molecule has 2 aromatic heterocycles. The number of rotatable bonds is 5. The molecule has 0 bridgehead atoms. The summed E-state index contributed by atoms with van der Waals surface area (Å²) >= 11 is 0. The first-order valence-electron chi connectivity index (χ1n) is 6.39. The average Bonchev–Trinajstić information content (AvgIpc) is 2.75. The van der Waals surface area contributed by atoms with Crippen molar-refractivity contribution < 1.29 is 0 Å². The summed E-state index contributed by atoms with van der Waals surface area (Å²) in [5, 5.41) is 11.3. The number of nitrogens with zero attached hydrogens (tertiary/aromatic N) is 3. The van der Waals surface area contributed by atoms with Crippen molar-refractivity contribution in [2.45, 2.75) is 46.1 Å². The Balaban J connectivity index is 2.41. The highest BCUT2D eigenvalue weighted by Gasteiger charge is 2.13. The minimum atomic E-state index is 0.286. The van der Waals surface area contributed by atoms with E-state index in [0.717, 1.165) is 30.6 Å². The zero-order valence-electron chi connectivity index (χ0n) is 11.1. The molecule has 0 aliphatic carbocycles. The van der Waals surface area contributed by atoms with E-state index in [4.69, 9.17) is 5.73 Å². The first-order valence-corrected chi connectivity index (χ1v) is 6.39. The zero-order chi connectivity index (χ0) is 13.1. The van der Waals surface area contributed by atoms with Gasteiger partial charge in [0.15, 0.2) is 11.6 Å². The van der Waals surface area contributed by atoms with Crippen LogP contribution in [0.5, 0.6) is 0 Å². The average molecular weight is 248 g/mol. The Bertz CT molecular complexity index is 531. The number of aryl methyl sites for hydroxylation is 1. The maximum absolute atomic E-state index is 5.81. The van der Waals surface area contributed by atoms with Crippen LogP contribution in [0.2, 0.25) is 0 Å². The summed E-state index contributed by atoms with van der Waals surface area (Å²) in [6, 6.07) is 0.286. The molecule has 0 radical (unpaired) electrons. The zero-order valence-corrected chi connectivity index (χ0v) is 11.1. The van der Waals surface area contributed by atoms with Crippen LogP contribution in [0.3, 0.4) is 0 Å². The van der Waals surface area contributed by atoms with Crippen LogP contribution in [0.15, 0.2) is 0 Å². The quantitative estimate of drug-likeness (QED) is 0.753. The highest BCUT2D eigenvalue weighted by atomic mass is 15.2. The molecule has 98 valence electrons. The lowest BCUT2D eigenvalue weighted by atomic mass is 10.2. The van der Waals surface area contributed by atoms with Gasteiger partial charge in [0.25, 0.3) is 0 Å². The number of hydrogen-bond donors (Lipinski definition) is 3. The van der Waals surface area contributed by atoms with Gasteiger partial charge in [-0.25, -0.2) is 4.98 Å². The van der Waals surface area contributed by atoms with Crippen LogP contribution in [0, 0.1) is 0 Å². The van der Waals surface area contributed by atoms with Gasteiger partial charge in [-0.2, -0.15) is 0 Å². The van der Waals surface area contributed by atoms with Crippen molar-refractivity contribution in [1.29, 1.82) is 0 Å². The van der Waals surface area contributed by atoms with E-state index in [1.54, 1.807) is 0 Å². The summed E-state index contributed by atoms with van der Waals surface area (Å²) in [6.45, 7) is 6.27. The Kier molecular flexibility index (Phi) is 3.64. The lowest BCUT2D eigenvalue weighted by Crippen LogP contribution is -2.12. The van der Waals surface area contributed by atoms with Crippen LogP contribution in [0.1, 0.15) is 39.4 Å². The van der Waals surface area contributed by atoms with Gasteiger partial charge in [0.05, 0.1) is 0 Å². The Morgan fingerprint density at radius 1 is 1.33 bits per heavy atom. The molecule has 2 heterocycles. The Morgan fingerprint density at radius 3 is 2.78 bits per heavy atom. The van der Waals surface area contributed by atoms with E-state index >= 15 is 0 Å². The fraction of sp³-hybridized carbons (Fsp3) is 0.583. The van der Waals surface area contributed by atoms with Crippen LogP contribution < -0.4 is 11.1 Å². The number of nitrogen functional groups attached to an aromatic ring is 1. The van der Waals surface area contributed by atoms with Gasteiger partial charge in [0.2, 0.25) is 0 Å². The predicted molar refractivity (Wildman–Crippen MR) is 73.5 cm³/mol. The number of nitrogens with one attached hydrogen (secondary N) is 2. The van der Waals surface area contributed by atoms with Gasteiger partial charge >= 0.3 is 0 Å². The lowest BCUT2D eigenvalue weighted by Gasteiger charge is -2.08. The normalized spacial score (nSPS) is 11.3. The van der Waals surface area contributed by atoms with Crippen LogP contribution in [0.4, 0.5) is 11.6 Å². The number of imidazole rings is 1. The molecule has 0 spiro atoms. The van der Waals surface area contributed by atoms with Crippen LogP contribution in [-0.2, 0) is 6.42 Å². The minimum Gasteiger partial charge on any atom is -0.380 e.